The van der Waals surface area contributed by atoms with Crippen molar-refractivity contribution in [2.24, 2.45) is 0 Å². The monoisotopic (exact) mass is 312 g/mol. The summed E-state index contributed by atoms with van der Waals surface area (Å²) in [6.45, 7) is 0. The number of hydrogen-bond donors (Lipinski definition) is 0. The number of carbonyl (C=O) groups excluding carboxylic acids is 1. The summed E-state index contributed by atoms with van der Waals surface area (Å²) in [6, 6.07) is 27.8. The number of ether oxygens (including phenoxy) is 1. The number of allylic oxidation sites excluding steroid dienone is 1. The van der Waals surface area contributed by atoms with Crippen molar-refractivity contribution in [1.82, 2.24) is 0 Å². The number of para-hydroxylation sites is 1. The Labute approximate surface area is 141 Å². The molecule has 4 rings (SSSR count). The third-order valence-electron chi connectivity index (χ3n) is 4.31. The zero-order valence-corrected chi connectivity index (χ0v) is 13.1. The zero-order valence-electron chi connectivity index (χ0n) is 13.1. The van der Waals surface area contributed by atoms with E-state index < -0.39 is 0 Å². The molecule has 116 valence electrons. The van der Waals surface area contributed by atoms with Gasteiger partial charge < -0.3 is 4.74 Å². The summed E-state index contributed by atoms with van der Waals surface area (Å²) in [6.07, 6.45) is 0.927. The van der Waals surface area contributed by atoms with Crippen LogP contribution in [0.4, 0.5) is 0 Å². The minimum Gasteiger partial charge on any atom is -0.456 e. The first-order valence-corrected chi connectivity index (χ1v) is 7.95. The summed E-state index contributed by atoms with van der Waals surface area (Å²) in [7, 11) is 0. The van der Waals surface area contributed by atoms with Gasteiger partial charge in [0.1, 0.15) is 11.5 Å². The minimum atomic E-state index is -0.121. The second kappa shape index (κ2) is 6.17. The first-order valence-electron chi connectivity index (χ1n) is 7.95. The van der Waals surface area contributed by atoms with Crippen LogP contribution in [0.2, 0.25) is 0 Å². The summed E-state index contributed by atoms with van der Waals surface area (Å²) in [5.74, 6) is 1.32. The molecule has 0 fully saturated rings. The molecule has 1 atom stereocenters. The van der Waals surface area contributed by atoms with E-state index in [2.05, 4.69) is 12.1 Å². The van der Waals surface area contributed by atoms with Crippen LogP contribution in [0.5, 0.6) is 5.75 Å². The Morgan fingerprint density at radius 2 is 1.38 bits per heavy atom. The normalized spacial score (nSPS) is 16.2. The first kappa shape index (κ1) is 14.5. The van der Waals surface area contributed by atoms with Crippen molar-refractivity contribution >= 4 is 12.0 Å². The second-order valence-electron chi connectivity index (χ2n) is 5.75. The number of fused-ring (bicyclic) bond motifs is 1. The lowest BCUT2D eigenvalue weighted by Gasteiger charge is -2.29. The van der Waals surface area contributed by atoms with Gasteiger partial charge in [-0.25, -0.2) is 0 Å². The van der Waals surface area contributed by atoms with Gasteiger partial charge in [0.15, 0.2) is 6.29 Å². The van der Waals surface area contributed by atoms with Crippen LogP contribution < -0.4 is 4.74 Å². The third kappa shape index (κ3) is 2.42. The molecule has 0 aromatic heterocycles. The minimum absolute atomic E-state index is 0.121. The van der Waals surface area contributed by atoms with E-state index >= 15 is 0 Å². The van der Waals surface area contributed by atoms with E-state index in [1.165, 1.54) is 0 Å². The van der Waals surface area contributed by atoms with Gasteiger partial charge in [0.05, 0.1) is 0 Å². The molecule has 3 aromatic rings. The zero-order chi connectivity index (χ0) is 16.4. The fraction of sp³-hybridized carbons (Fsp3) is 0.0455. The van der Waals surface area contributed by atoms with Gasteiger partial charge in [0.25, 0.3) is 0 Å². The van der Waals surface area contributed by atoms with Gasteiger partial charge in [0.2, 0.25) is 0 Å². The molecule has 0 N–H and O–H groups in total. The number of carbonyl (C=O) groups is 1. The van der Waals surface area contributed by atoms with Crippen LogP contribution in [0, 0.1) is 0 Å². The molecule has 0 saturated carbocycles. The SMILES string of the molecule is O=CC1=C(c2ccccc2)Oc2ccccc2C1c1ccccc1. The molecule has 0 bridgehead atoms. The summed E-state index contributed by atoms with van der Waals surface area (Å²) in [5.41, 5.74) is 3.68. The fourth-order valence-corrected chi connectivity index (χ4v) is 3.22. The van der Waals surface area contributed by atoms with Gasteiger partial charge in [-0.2, -0.15) is 0 Å². The molecular weight excluding hydrogens is 296 g/mol. The highest BCUT2D eigenvalue weighted by Gasteiger charge is 2.31. The Morgan fingerprint density at radius 1 is 0.750 bits per heavy atom. The predicted molar refractivity (Wildman–Crippen MR) is 94.8 cm³/mol. The number of hydrogen-bond acceptors (Lipinski definition) is 2. The number of benzene rings is 3. The maximum Gasteiger partial charge on any atom is 0.150 e. The largest absolute Gasteiger partial charge is 0.456 e. The molecular formula is C22H16O2. The Kier molecular flexibility index (Phi) is 3.72. The summed E-state index contributed by atoms with van der Waals surface area (Å²) >= 11 is 0. The molecule has 2 nitrogen and oxygen atoms in total. The molecule has 1 aliphatic heterocycles. The predicted octanol–water partition coefficient (Wildman–Crippen LogP) is 4.82. The molecule has 1 unspecified atom stereocenters. The molecule has 0 spiro atoms. The van der Waals surface area contributed by atoms with Crippen molar-refractivity contribution in [2.45, 2.75) is 5.92 Å². The Morgan fingerprint density at radius 3 is 2.08 bits per heavy atom. The third-order valence-corrected chi connectivity index (χ3v) is 4.31. The van der Waals surface area contributed by atoms with E-state index in [9.17, 15) is 4.79 Å². The van der Waals surface area contributed by atoms with E-state index in [1.807, 2.05) is 72.8 Å². The summed E-state index contributed by atoms with van der Waals surface area (Å²) in [5, 5.41) is 0. The average Bonchev–Trinajstić information content (AvgIpc) is 2.67. The molecule has 1 aliphatic rings. The van der Waals surface area contributed by atoms with Crippen molar-refractivity contribution in [3.05, 3.63) is 107 Å². The topological polar surface area (TPSA) is 26.3 Å². The molecule has 2 heteroatoms. The highest BCUT2D eigenvalue weighted by molar-refractivity contribution is 5.91. The lowest BCUT2D eigenvalue weighted by molar-refractivity contribution is -0.105. The lowest BCUT2D eigenvalue weighted by Crippen LogP contribution is -2.17. The van der Waals surface area contributed by atoms with Crippen LogP contribution in [-0.2, 0) is 4.79 Å². The van der Waals surface area contributed by atoms with Crippen molar-refractivity contribution in [1.29, 1.82) is 0 Å². The summed E-state index contributed by atoms with van der Waals surface area (Å²) < 4.78 is 6.12. The highest BCUT2D eigenvalue weighted by Crippen LogP contribution is 2.44. The van der Waals surface area contributed by atoms with Crippen LogP contribution in [-0.4, -0.2) is 6.29 Å². The van der Waals surface area contributed by atoms with E-state index in [4.69, 9.17) is 4.74 Å². The Balaban J connectivity index is 1.97. The van der Waals surface area contributed by atoms with Crippen molar-refractivity contribution in [3.63, 3.8) is 0 Å². The molecule has 0 saturated heterocycles. The van der Waals surface area contributed by atoms with Crippen LogP contribution in [0.15, 0.2) is 90.5 Å². The molecule has 1 heterocycles. The van der Waals surface area contributed by atoms with Gasteiger partial charge in [-0.1, -0.05) is 78.9 Å². The molecule has 24 heavy (non-hydrogen) atoms. The Bertz CT molecular complexity index is 896. The van der Waals surface area contributed by atoms with Crippen LogP contribution >= 0.6 is 0 Å². The van der Waals surface area contributed by atoms with Crippen molar-refractivity contribution < 1.29 is 9.53 Å². The maximum atomic E-state index is 12.0. The molecule has 0 radical (unpaired) electrons. The van der Waals surface area contributed by atoms with Gasteiger partial charge in [-0.05, 0) is 11.6 Å². The van der Waals surface area contributed by atoms with Gasteiger partial charge in [-0.15, -0.1) is 0 Å². The lowest BCUT2D eigenvalue weighted by atomic mass is 9.82. The standard InChI is InChI=1S/C22H16O2/c23-15-19-21(16-9-3-1-4-10-16)18-13-7-8-14-20(18)24-22(19)17-11-5-2-6-12-17/h1-15,21H. The maximum absolute atomic E-state index is 12.0. The number of aldehydes is 1. The van der Waals surface area contributed by atoms with Gasteiger partial charge in [0, 0.05) is 22.6 Å². The fourth-order valence-electron chi connectivity index (χ4n) is 3.22. The second-order valence-corrected chi connectivity index (χ2v) is 5.75. The van der Waals surface area contributed by atoms with Crippen LogP contribution in [0.1, 0.15) is 22.6 Å². The average molecular weight is 312 g/mol. The van der Waals surface area contributed by atoms with E-state index in [0.717, 1.165) is 28.7 Å². The van der Waals surface area contributed by atoms with Crippen LogP contribution in [0.25, 0.3) is 5.76 Å². The van der Waals surface area contributed by atoms with Crippen molar-refractivity contribution in [3.8, 4) is 5.75 Å². The van der Waals surface area contributed by atoms with Crippen LogP contribution in [0.3, 0.4) is 0 Å². The van der Waals surface area contributed by atoms with E-state index in [1.54, 1.807) is 0 Å². The van der Waals surface area contributed by atoms with E-state index in [0.29, 0.717) is 11.3 Å². The Hall–Kier alpha value is -3.13. The molecule has 0 amide bonds. The molecule has 0 aliphatic carbocycles. The van der Waals surface area contributed by atoms with Gasteiger partial charge in [-0.3, -0.25) is 4.79 Å². The molecule has 3 aromatic carbocycles. The van der Waals surface area contributed by atoms with Crippen molar-refractivity contribution in [2.75, 3.05) is 0 Å². The smallest absolute Gasteiger partial charge is 0.150 e. The highest BCUT2D eigenvalue weighted by atomic mass is 16.5. The van der Waals surface area contributed by atoms with Gasteiger partial charge >= 0.3 is 0 Å². The van der Waals surface area contributed by atoms with E-state index in [-0.39, 0.29) is 5.92 Å². The first-order chi connectivity index (χ1) is 11.9. The summed E-state index contributed by atoms with van der Waals surface area (Å²) in [4.78, 5) is 12.0. The quantitative estimate of drug-likeness (QED) is 0.648. The number of rotatable bonds is 3.